The zero-order valence-electron chi connectivity index (χ0n) is 16.8. The van der Waals surface area contributed by atoms with Crippen LogP contribution in [0.4, 0.5) is 0 Å². The van der Waals surface area contributed by atoms with Crippen LogP contribution in [-0.4, -0.2) is 4.98 Å². The van der Waals surface area contributed by atoms with Crippen molar-refractivity contribution >= 4 is 0 Å². The second kappa shape index (κ2) is 9.19. The van der Waals surface area contributed by atoms with Crippen LogP contribution >= 0.6 is 0 Å². The summed E-state index contributed by atoms with van der Waals surface area (Å²) in [4.78, 5) is 4.80. The molecule has 140 valence electrons. The van der Waals surface area contributed by atoms with Gasteiger partial charge in [0.25, 0.3) is 0 Å². The van der Waals surface area contributed by atoms with E-state index >= 15 is 0 Å². The Morgan fingerprint density at radius 1 is 0.920 bits per heavy atom. The maximum atomic E-state index is 4.80. The van der Waals surface area contributed by atoms with Gasteiger partial charge in [0.05, 0.1) is 0 Å². The molecule has 2 aliphatic rings. The number of hydrogen-bond donors (Lipinski definition) is 0. The number of hydrogen-bond acceptors (Lipinski definition) is 1. The van der Waals surface area contributed by atoms with Gasteiger partial charge < -0.3 is 0 Å². The van der Waals surface area contributed by atoms with Gasteiger partial charge in [-0.25, -0.2) is 0 Å². The summed E-state index contributed by atoms with van der Waals surface area (Å²) in [6, 6.07) is 4.61. The van der Waals surface area contributed by atoms with Gasteiger partial charge in [-0.05, 0) is 80.2 Å². The molecule has 0 N–H and O–H groups in total. The lowest BCUT2D eigenvalue weighted by Crippen LogP contribution is -2.27. The maximum Gasteiger partial charge on any atom is 0.0434 e. The van der Waals surface area contributed by atoms with Gasteiger partial charge in [-0.3, -0.25) is 4.98 Å². The number of rotatable bonds is 6. The molecule has 2 aliphatic carbocycles. The number of aromatic nitrogens is 1. The predicted molar refractivity (Wildman–Crippen MR) is 108 cm³/mol. The molecule has 1 unspecified atom stereocenters. The normalized spacial score (nSPS) is 31.6. The first-order valence-electron chi connectivity index (χ1n) is 11.2. The van der Waals surface area contributed by atoms with Gasteiger partial charge in [0, 0.05) is 17.8 Å². The van der Waals surface area contributed by atoms with Gasteiger partial charge in [0.1, 0.15) is 0 Å². The van der Waals surface area contributed by atoms with E-state index in [-0.39, 0.29) is 0 Å². The third-order valence-electron chi connectivity index (χ3n) is 7.51. The molecule has 1 heterocycles. The molecule has 0 spiro atoms. The molecule has 0 radical (unpaired) electrons. The Hall–Kier alpha value is -0.850. The van der Waals surface area contributed by atoms with E-state index < -0.39 is 0 Å². The van der Waals surface area contributed by atoms with E-state index in [2.05, 4.69) is 39.1 Å². The highest BCUT2D eigenvalue weighted by Crippen LogP contribution is 2.44. The fourth-order valence-corrected chi connectivity index (χ4v) is 5.57. The highest BCUT2D eigenvalue weighted by molar-refractivity contribution is 5.17. The molecule has 1 aromatic rings. The summed E-state index contributed by atoms with van der Waals surface area (Å²) in [5.74, 6) is 4.60. The summed E-state index contributed by atoms with van der Waals surface area (Å²) in [6.07, 6.45) is 17.7. The Bertz CT molecular complexity index is 489. The average Bonchev–Trinajstić information content (AvgIpc) is 2.68. The van der Waals surface area contributed by atoms with E-state index in [9.17, 15) is 0 Å². The number of pyridine rings is 1. The summed E-state index contributed by atoms with van der Waals surface area (Å²) in [7, 11) is 0. The molecule has 1 aromatic heterocycles. The van der Waals surface area contributed by atoms with Crippen LogP contribution in [0.2, 0.25) is 0 Å². The van der Waals surface area contributed by atoms with Crippen molar-refractivity contribution in [2.24, 2.45) is 23.7 Å². The fourth-order valence-electron chi connectivity index (χ4n) is 5.57. The SMILES string of the molecule is CCCc1ccc(C(C)C2CCC(C3CCC(CC)CC3)CC2)nc1. The lowest BCUT2D eigenvalue weighted by molar-refractivity contribution is 0.138. The van der Waals surface area contributed by atoms with Crippen LogP contribution < -0.4 is 0 Å². The molecule has 0 saturated heterocycles. The lowest BCUT2D eigenvalue weighted by Gasteiger charge is -2.39. The van der Waals surface area contributed by atoms with Crippen LogP contribution in [0, 0.1) is 23.7 Å². The fraction of sp³-hybridized carbons (Fsp3) is 0.792. The summed E-state index contributed by atoms with van der Waals surface area (Å²) in [6.45, 7) is 7.03. The number of nitrogens with zero attached hydrogens (tertiary/aromatic N) is 1. The first-order chi connectivity index (χ1) is 12.2. The van der Waals surface area contributed by atoms with Crippen molar-refractivity contribution in [3.05, 3.63) is 29.6 Å². The minimum Gasteiger partial charge on any atom is -0.261 e. The first-order valence-corrected chi connectivity index (χ1v) is 11.2. The Morgan fingerprint density at radius 2 is 1.56 bits per heavy atom. The predicted octanol–water partition coefficient (Wildman–Crippen LogP) is 7.16. The molecule has 1 heteroatoms. The van der Waals surface area contributed by atoms with Crippen LogP contribution in [0.1, 0.15) is 102 Å². The Morgan fingerprint density at radius 3 is 2.08 bits per heavy atom. The van der Waals surface area contributed by atoms with Crippen molar-refractivity contribution in [3.63, 3.8) is 0 Å². The first kappa shape index (κ1) is 18.9. The second-order valence-corrected chi connectivity index (χ2v) is 8.99. The molecule has 2 saturated carbocycles. The van der Waals surface area contributed by atoms with Crippen LogP contribution in [0.3, 0.4) is 0 Å². The molecule has 0 amide bonds. The van der Waals surface area contributed by atoms with Gasteiger partial charge in [-0.15, -0.1) is 0 Å². The van der Waals surface area contributed by atoms with Crippen LogP contribution in [0.5, 0.6) is 0 Å². The summed E-state index contributed by atoms with van der Waals surface area (Å²) in [5, 5.41) is 0. The average molecular weight is 342 g/mol. The lowest BCUT2D eigenvalue weighted by atomic mass is 9.67. The zero-order chi connectivity index (χ0) is 17.6. The smallest absolute Gasteiger partial charge is 0.0434 e. The summed E-state index contributed by atoms with van der Waals surface area (Å²) in [5.41, 5.74) is 2.72. The van der Waals surface area contributed by atoms with Crippen molar-refractivity contribution in [1.29, 1.82) is 0 Å². The van der Waals surface area contributed by atoms with E-state index in [0.717, 1.165) is 30.1 Å². The van der Waals surface area contributed by atoms with E-state index in [1.807, 2.05) is 0 Å². The van der Waals surface area contributed by atoms with Crippen molar-refractivity contribution in [1.82, 2.24) is 4.98 Å². The van der Waals surface area contributed by atoms with E-state index in [1.165, 1.54) is 75.5 Å². The topological polar surface area (TPSA) is 12.9 Å². The second-order valence-electron chi connectivity index (χ2n) is 8.99. The Labute approximate surface area is 156 Å². The molecule has 3 rings (SSSR count). The molecular formula is C24H39N. The van der Waals surface area contributed by atoms with Gasteiger partial charge >= 0.3 is 0 Å². The van der Waals surface area contributed by atoms with Crippen molar-refractivity contribution in [3.8, 4) is 0 Å². The van der Waals surface area contributed by atoms with Crippen LogP contribution in [0.25, 0.3) is 0 Å². The molecule has 25 heavy (non-hydrogen) atoms. The molecule has 1 nitrogen and oxygen atoms in total. The quantitative estimate of drug-likeness (QED) is 0.535. The standard InChI is InChI=1S/C24H39N/c1-4-6-20-9-16-24(25-17-20)18(3)21-12-14-23(15-13-21)22-10-7-19(5-2)8-11-22/h9,16-19,21-23H,4-8,10-15H2,1-3H3. The Kier molecular flexibility index (Phi) is 6.96. The third-order valence-corrected chi connectivity index (χ3v) is 7.51. The zero-order valence-corrected chi connectivity index (χ0v) is 16.8. The monoisotopic (exact) mass is 341 g/mol. The molecule has 2 fully saturated rings. The van der Waals surface area contributed by atoms with Gasteiger partial charge in [0.15, 0.2) is 0 Å². The van der Waals surface area contributed by atoms with Crippen LogP contribution in [0.15, 0.2) is 18.3 Å². The van der Waals surface area contributed by atoms with Gasteiger partial charge in [-0.2, -0.15) is 0 Å². The summed E-state index contributed by atoms with van der Waals surface area (Å²) >= 11 is 0. The van der Waals surface area contributed by atoms with Crippen molar-refractivity contribution in [2.75, 3.05) is 0 Å². The van der Waals surface area contributed by atoms with Crippen LogP contribution in [-0.2, 0) is 6.42 Å². The van der Waals surface area contributed by atoms with Gasteiger partial charge in [0.2, 0.25) is 0 Å². The van der Waals surface area contributed by atoms with Crippen molar-refractivity contribution in [2.45, 2.75) is 97.3 Å². The van der Waals surface area contributed by atoms with Crippen molar-refractivity contribution < 1.29 is 0 Å². The summed E-state index contributed by atoms with van der Waals surface area (Å²) < 4.78 is 0. The van der Waals surface area contributed by atoms with E-state index in [4.69, 9.17) is 4.98 Å². The molecule has 1 atom stereocenters. The van der Waals surface area contributed by atoms with E-state index in [1.54, 1.807) is 0 Å². The molecule has 0 aromatic carbocycles. The molecular weight excluding hydrogens is 302 g/mol. The minimum atomic E-state index is 0.632. The van der Waals surface area contributed by atoms with E-state index in [0.29, 0.717) is 5.92 Å². The molecule has 0 bridgehead atoms. The largest absolute Gasteiger partial charge is 0.261 e. The highest BCUT2D eigenvalue weighted by Gasteiger charge is 2.32. The highest BCUT2D eigenvalue weighted by atomic mass is 14.7. The number of aryl methyl sites for hydroxylation is 1. The Balaban J connectivity index is 1.48. The maximum absolute atomic E-state index is 4.80. The minimum absolute atomic E-state index is 0.632. The molecule has 0 aliphatic heterocycles. The third kappa shape index (κ3) is 4.86. The van der Waals surface area contributed by atoms with Gasteiger partial charge in [-0.1, -0.05) is 52.5 Å².